The standard InChI is InChI=1S/C20H21N3O3/c1-23(2)15-7-5-6-13(10-15)19(24)22-18(20(25)26)11-14-12-21-17-9-4-3-8-16(14)17/h3-10,12,18,21H,11H2,1-2H3,(H,22,24)(H,25,26)/p-1/t18-/m1/s1. The van der Waals surface area contributed by atoms with Gasteiger partial charge in [-0.2, -0.15) is 0 Å². The number of benzene rings is 2. The lowest BCUT2D eigenvalue weighted by molar-refractivity contribution is -0.308. The molecule has 6 nitrogen and oxygen atoms in total. The molecule has 6 heteroatoms. The van der Waals surface area contributed by atoms with E-state index in [1.807, 2.05) is 49.3 Å². The molecule has 2 N–H and O–H groups in total. The Kier molecular flexibility index (Phi) is 4.93. The number of aromatic amines is 1. The lowest BCUT2D eigenvalue weighted by Crippen LogP contribution is -2.49. The zero-order valence-electron chi connectivity index (χ0n) is 14.7. The smallest absolute Gasteiger partial charge is 0.251 e. The first-order chi connectivity index (χ1) is 12.5. The number of nitrogens with one attached hydrogen (secondary N) is 2. The van der Waals surface area contributed by atoms with Gasteiger partial charge in [-0.15, -0.1) is 0 Å². The molecule has 0 bridgehead atoms. The third-order valence-electron chi connectivity index (χ3n) is 4.31. The average molecular weight is 350 g/mol. The monoisotopic (exact) mass is 350 g/mol. The fourth-order valence-electron chi connectivity index (χ4n) is 2.88. The van der Waals surface area contributed by atoms with Crippen LogP contribution in [0.1, 0.15) is 15.9 Å². The second kappa shape index (κ2) is 7.31. The fourth-order valence-corrected chi connectivity index (χ4v) is 2.88. The van der Waals surface area contributed by atoms with Crippen LogP contribution in [0.25, 0.3) is 10.9 Å². The van der Waals surface area contributed by atoms with Crippen molar-refractivity contribution in [2.75, 3.05) is 19.0 Å². The van der Waals surface area contributed by atoms with Gasteiger partial charge in [0.2, 0.25) is 0 Å². The van der Waals surface area contributed by atoms with Gasteiger partial charge in [-0.1, -0.05) is 24.3 Å². The molecular formula is C20H20N3O3-. The molecule has 0 aliphatic heterocycles. The summed E-state index contributed by atoms with van der Waals surface area (Å²) in [5.41, 5.74) is 3.00. The number of carbonyl (C=O) groups excluding carboxylic acids is 2. The van der Waals surface area contributed by atoms with Crippen LogP contribution in [0.15, 0.2) is 54.7 Å². The molecule has 1 heterocycles. The van der Waals surface area contributed by atoms with E-state index in [9.17, 15) is 14.7 Å². The molecule has 3 aromatic rings. The highest BCUT2D eigenvalue weighted by Crippen LogP contribution is 2.19. The number of amides is 1. The van der Waals surface area contributed by atoms with E-state index in [1.165, 1.54) is 0 Å². The highest BCUT2D eigenvalue weighted by Gasteiger charge is 2.17. The predicted octanol–water partition coefficient (Wildman–Crippen LogP) is 1.32. The molecule has 0 aliphatic carbocycles. The van der Waals surface area contributed by atoms with Gasteiger partial charge >= 0.3 is 0 Å². The second-order valence-electron chi connectivity index (χ2n) is 6.35. The number of anilines is 1. The van der Waals surface area contributed by atoms with Crippen molar-refractivity contribution in [2.24, 2.45) is 0 Å². The Morgan fingerprint density at radius 3 is 2.65 bits per heavy atom. The zero-order valence-corrected chi connectivity index (χ0v) is 14.7. The van der Waals surface area contributed by atoms with Gasteiger partial charge in [0.15, 0.2) is 0 Å². The summed E-state index contributed by atoms with van der Waals surface area (Å²) in [5, 5.41) is 15.1. The topological polar surface area (TPSA) is 88.3 Å². The molecular weight excluding hydrogens is 330 g/mol. The summed E-state index contributed by atoms with van der Waals surface area (Å²) in [5.74, 6) is -1.75. The quantitative estimate of drug-likeness (QED) is 0.702. The lowest BCUT2D eigenvalue weighted by atomic mass is 10.0. The minimum atomic E-state index is -1.31. The van der Waals surface area contributed by atoms with Crippen molar-refractivity contribution in [3.05, 3.63) is 65.9 Å². The van der Waals surface area contributed by atoms with Gasteiger partial charge in [0.1, 0.15) is 0 Å². The van der Waals surface area contributed by atoms with Gasteiger partial charge in [-0.05, 0) is 29.8 Å². The van der Waals surface area contributed by atoms with Gasteiger partial charge in [0, 0.05) is 48.9 Å². The Labute approximate surface area is 151 Å². The number of rotatable bonds is 6. The number of fused-ring (bicyclic) bond motifs is 1. The van der Waals surface area contributed by atoms with Gasteiger partial charge in [-0.3, -0.25) is 4.79 Å². The number of carboxylic acid groups (broad SMARTS) is 1. The summed E-state index contributed by atoms with van der Waals surface area (Å²) in [6.45, 7) is 0. The largest absolute Gasteiger partial charge is 0.548 e. The van der Waals surface area contributed by atoms with E-state index in [0.29, 0.717) is 5.56 Å². The first-order valence-electron chi connectivity index (χ1n) is 8.30. The fraction of sp³-hybridized carbons (Fsp3) is 0.200. The number of H-pyrrole nitrogens is 1. The average Bonchev–Trinajstić information content (AvgIpc) is 3.04. The Morgan fingerprint density at radius 2 is 1.92 bits per heavy atom. The van der Waals surface area contributed by atoms with Crippen LogP contribution in [0.3, 0.4) is 0 Å². The van der Waals surface area contributed by atoms with Gasteiger partial charge in [-0.25, -0.2) is 0 Å². The van der Waals surface area contributed by atoms with Crippen LogP contribution in [0, 0.1) is 0 Å². The van der Waals surface area contributed by atoms with Crippen LogP contribution in [-0.4, -0.2) is 37.0 Å². The first kappa shape index (κ1) is 17.5. The molecule has 2 aromatic carbocycles. The number of hydrogen-bond acceptors (Lipinski definition) is 4. The molecule has 0 spiro atoms. The molecule has 0 unspecified atom stereocenters. The van der Waals surface area contributed by atoms with Crippen molar-refractivity contribution in [3.63, 3.8) is 0 Å². The third kappa shape index (κ3) is 3.69. The van der Waals surface area contributed by atoms with E-state index in [2.05, 4.69) is 10.3 Å². The van der Waals surface area contributed by atoms with E-state index in [4.69, 9.17) is 0 Å². The van der Waals surface area contributed by atoms with Crippen molar-refractivity contribution >= 4 is 28.5 Å². The van der Waals surface area contributed by atoms with E-state index in [-0.39, 0.29) is 6.42 Å². The van der Waals surface area contributed by atoms with Gasteiger partial charge < -0.3 is 25.1 Å². The van der Waals surface area contributed by atoms with Crippen molar-refractivity contribution in [2.45, 2.75) is 12.5 Å². The minimum absolute atomic E-state index is 0.144. The van der Waals surface area contributed by atoms with Crippen LogP contribution in [0.2, 0.25) is 0 Å². The van der Waals surface area contributed by atoms with Crippen LogP contribution >= 0.6 is 0 Å². The maximum atomic E-state index is 12.5. The molecule has 1 atom stereocenters. The molecule has 0 fully saturated rings. The first-order valence-corrected chi connectivity index (χ1v) is 8.30. The Balaban J connectivity index is 1.79. The summed E-state index contributed by atoms with van der Waals surface area (Å²) in [4.78, 5) is 29.0. The van der Waals surface area contributed by atoms with Gasteiger partial charge in [0.25, 0.3) is 5.91 Å². The van der Waals surface area contributed by atoms with Crippen molar-refractivity contribution in [3.8, 4) is 0 Å². The molecule has 0 aliphatic rings. The molecule has 0 saturated carbocycles. The molecule has 26 heavy (non-hydrogen) atoms. The summed E-state index contributed by atoms with van der Waals surface area (Å²) in [6.07, 6.45) is 1.91. The minimum Gasteiger partial charge on any atom is -0.548 e. The zero-order chi connectivity index (χ0) is 18.7. The Bertz CT molecular complexity index is 946. The number of carboxylic acids is 1. The molecule has 3 rings (SSSR count). The van der Waals surface area contributed by atoms with Crippen molar-refractivity contribution < 1.29 is 14.7 Å². The van der Waals surface area contributed by atoms with E-state index in [1.54, 1.807) is 24.4 Å². The maximum absolute atomic E-state index is 12.5. The van der Waals surface area contributed by atoms with Crippen LogP contribution in [0.5, 0.6) is 0 Å². The summed E-state index contributed by atoms with van der Waals surface area (Å²) < 4.78 is 0. The highest BCUT2D eigenvalue weighted by atomic mass is 16.4. The summed E-state index contributed by atoms with van der Waals surface area (Å²) in [7, 11) is 3.75. The highest BCUT2D eigenvalue weighted by molar-refractivity contribution is 5.97. The number of hydrogen-bond donors (Lipinski definition) is 2. The molecule has 1 amide bonds. The summed E-state index contributed by atoms with van der Waals surface area (Å²) in [6, 6.07) is 13.5. The Hall–Kier alpha value is -3.28. The lowest BCUT2D eigenvalue weighted by Gasteiger charge is -2.20. The van der Waals surface area contributed by atoms with Gasteiger partial charge in [0.05, 0.1) is 12.0 Å². The number of aliphatic carboxylic acids is 1. The molecule has 1 aromatic heterocycles. The van der Waals surface area contributed by atoms with E-state index < -0.39 is 17.9 Å². The van der Waals surface area contributed by atoms with Crippen LogP contribution in [-0.2, 0) is 11.2 Å². The molecule has 0 radical (unpaired) electrons. The van der Waals surface area contributed by atoms with Crippen molar-refractivity contribution in [1.29, 1.82) is 0 Å². The molecule has 134 valence electrons. The maximum Gasteiger partial charge on any atom is 0.251 e. The second-order valence-corrected chi connectivity index (χ2v) is 6.35. The van der Waals surface area contributed by atoms with E-state index in [0.717, 1.165) is 22.2 Å². The summed E-state index contributed by atoms with van der Waals surface area (Å²) >= 11 is 0. The number of nitrogens with zero attached hydrogens (tertiary/aromatic N) is 1. The number of aromatic nitrogens is 1. The Morgan fingerprint density at radius 1 is 1.15 bits per heavy atom. The predicted molar refractivity (Wildman–Crippen MR) is 99.0 cm³/mol. The number of para-hydroxylation sites is 1. The molecule has 0 saturated heterocycles. The number of carbonyl (C=O) groups is 2. The SMILES string of the molecule is CN(C)c1cccc(C(=O)N[C@H](Cc2c[nH]c3ccccc23)C(=O)[O-])c1. The van der Waals surface area contributed by atoms with E-state index >= 15 is 0 Å². The third-order valence-corrected chi connectivity index (χ3v) is 4.31. The normalized spacial score (nSPS) is 11.9. The van der Waals surface area contributed by atoms with Crippen LogP contribution in [0.4, 0.5) is 5.69 Å². The van der Waals surface area contributed by atoms with Crippen molar-refractivity contribution in [1.82, 2.24) is 10.3 Å². The van der Waals surface area contributed by atoms with Crippen LogP contribution < -0.4 is 15.3 Å².